The number of methoxy groups -OCH3 is 1. The van der Waals surface area contributed by atoms with E-state index in [1.165, 1.54) is 0 Å². The maximum Gasteiger partial charge on any atom is 0.256 e. The van der Waals surface area contributed by atoms with Crippen molar-refractivity contribution in [1.29, 1.82) is 0 Å². The number of nitrogens with one attached hydrogen (secondary N) is 1. The van der Waals surface area contributed by atoms with Crippen LogP contribution < -0.4 is 10.1 Å². The van der Waals surface area contributed by atoms with Crippen LogP contribution in [0.25, 0.3) is 0 Å². The number of aromatic nitrogens is 1. The van der Waals surface area contributed by atoms with Crippen LogP contribution in [0.15, 0.2) is 12.1 Å². The van der Waals surface area contributed by atoms with Crippen LogP contribution in [-0.2, 0) is 9.53 Å². The summed E-state index contributed by atoms with van der Waals surface area (Å²) in [6.45, 7) is 10.2. The minimum absolute atomic E-state index is 0.145. The van der Waals surface area contributed by atoms with Crippen LogP contribution >= 0.6 is 0 Å². The van der Waals surface area contributed by atoms with Gasteiger partial charge in [-0.15, -0.1) is 0 Å². The molecule has 1 amide bonds. The number of hydrogen-bond donors (Lipinski definition) is 1. The Hall–Kier alpha value is -1.62. The SMILES string of the molecule is CCOC(C)(CC(C)C)C(=O)Nc1ccc(OC)nc1C. The summed E-state index contributed by atoms with van der Waals surface area (Å²) in [5.41, 5.74) is 0.552. The van der Waals surface area contributed by atoms with Gasteiger partial charge in [0.05, 0.1) is 18.5 Å². The number of ether oxygens (including phenoxy) is 2. The predicted molar refractivity (Wildman–Crippen MR) is 83.6 cm³/mol. The van der Waals surface area contributed by atoms with Crippen LogP contribution in [0.1, 0.15) is 39.8 Å². The quantitative estimate of drug-likeness (QED) is 0.839. The highest BCUT2D eigenvalue weighted by atomic mass is 16.5. The Labute approximate surface area is 127 Å². The fraction of sp³-hybridized carbons (Fsp3) is 0.625. The maximum absolute atomic E-state index is 12.6. The van der Waals surface area contributed by atoms with Gasteiger partial charge in [-0.05, 0) is 39.2 Å². The molecule has 5 nitrogen and oxygen atoms in total. The first-order valence-corrected chi connectivity index (χ1v) is 7.29. The third-order valence-corrected chi connectivity index (χ3v) is 3.26. The molecule has 1 unspecified atom stereocenters. The lowest BCUT2D eigenvalue weighted by Crippen LogP contribution is -2.44. The molecule has 0 spiro atoms. The first-order chi connectivity index (χ1) is 9.82. The zero-order valence-corrected chi connectivity index (χ0v) is 13.8. The van der Waals surface area contributed by atoms with Crippen LogP contribution in [0.5, 0.6) is 5.88 Å². The lowest BCUT2D eigenvalue weighted by atomic mass is 9.93. The van der Waals surface area contributed by atoms with Gasteiger partial charge >= 0.3 is 0 Å². The van der Waals surface area contributed by atoms with Gasteiger partial charge in [-0.2, -0.15) is 0 Å². The van der Waals surface area contributed by atoms with Gasteiger partial charge in [0.2, 0.25) is 5.88 Å². The zero-order chi connectivity index (χ0) is 16.0. The highest BCUT2D eigenvalue weighted by molar-refractivity contribution is 5.97. The van der Waals surface area contributed by atoms with E-state index in [0.29, 0.717) is 36.2 Å². The molecule has 0 fully saturated rings. The number of amides is 1. The van der Waals surface area contributed by atoms with E-state index in [1.54, 1.807) is 19.2 Å². The second kappa shape index (κ2) is 7.41. The molecule has 0 aromatic carbocycles. The minimum Gasteiger partial charge on any atom is -0.481 e. The van der Waals surface area contributed by atoms with Crippen LogP contribution in [0.4, 0.5) is 5.69 Å². The summed E-state index contributed by atoms with van der Waals surface area (Å²) in [7, 11) is 1.56. The molecule has 0 bridgehead atoms. The number of nitrogens with zero attached hydrogens (tertiary/aromatic N) is 1. The number of rotatable bonds is 7. The van der Waals surface area contributed by atoms with Gasteiger partial charge in [0, 0.05) is 12.7 Å². The number of aryl methyl sites for hydroxylation is 1. The predicted octanol–water partition coefficient (Wildman–Crippen LogP) is 3.18. The Morgan fingerprint density at radius 2 is 2.10 bits per heavy atom. The smallest absolute Gasteiger partial charge is 0.256 e. The Balaban J connectivity index is 2.91. The van der Waals surface area contributed by atoms with E-state index in [2.05, 4.69) is 24.1 Å². The summed E-state index contributed by atoms with van der Waals surface area (Å²) in [5.74, 6) is 0.746. The van der Waals surface area contributed by atoms with Gasteiger partial charge in [0.15, 0.2) is 0 Å². The van der Waals surface area contributed by atoms with Crippen molar-refractivity contribution in [3.8, 4) is 5.88 Å². The summed E-state index contributed by atoms with van der Waals surface area (Å²) in [5, 5.41) is 2.91. The minimum atomic E-state index is -0.838. The number of anilines is 1. The summed E-state index contributed by atoms with van der Waals surface area (Å²) >= 11 is 0. The first kappa shape index (κ1) is 17.4. The van der Waals surface area contributed by atoms with Gasteiger partial charge < -0.3 is 14.8 Å². The molecule has 0 saturated heterocycles. The van der Waals surface area contributed by atoms with Crippen molar-refractivity contribution in [2.45, 2.75) is 46.6 Å². The standard InChI is InChI=1S/C16H26N2O3/c1-7-21-16(5,10-11(2)3)15(19)18-13-8-9-14(20-6)17-12(13)4/h8-9,11H,7,10H2,1-6H3,(H,18,19). The Kier molecular flexibility index (Phi) is 6.15. The second-order valence-electron chi connectivity index (χ2n) is 5.70. The van der Waals surface area contributed by atoms with E-state index < -0.39 is 5.60 Å². The number of carbonyl (C=O) groups excluding carboxylic acids is 1. The molecule has 0 aliphatic rings. The van der Waals surface area contributed by atoms with Gasteiger partial charge in [-0.3, -0.25) is 4.79 Å². The average Bonchev–Trinajstić information content (AvgIpc) is 2.40. The van der Waals surface area contributed by atoms with Crippen LogP contribution in [0, 0.1) is 12.8 Å². The molecule has 1 heterocycles. The van der Waals surface area contributed by atoms with Crippen molar-refractivity contribution in [2.24, 2.45) is 5.92 Å². The number of pyridine rings is 1. The molecule has 21 heavy (non-hydrogen) atoms. The van der Waals surface area contributed by atoms with Crippen LogP contribution in [0.2, 0.25) is 0 Å². The Bertz CT molecular complexity index is 488. The Morgan fingerprint density at radius 1 is 1.43 bits per heavy atom. The molecule has 0 saturated carbocycles. The third-order valence-electron chi connectivity index (χ3n) is 3.26. The van der Waals surface area contributed by atoms with E-state index in [-0.39, 0.29) is 5.91 Å². The highest BCUT2D eigenvalue weighted by Crippen LogP contribution is 2.24. The molecule has 1 rings (SSSR count). The monoisotopic (exact) mass is 294 g/mol. The van der Waals surface area contributed by atoms with Gasteiger partial charge in [-0.1, -0.05) is 13.8 Å². The zero-order valence-electron chi connectivity index (χ0n) is 13.8. The fourth-order valence-corrected chi connectivity index (χ4v) is 2.35. The Morgan fingerprint density at radius 3 is 2.57 bits per heavy atom. The molecule has 1 atom stereocenters. The van der Waals surface area contributed by atoms with E-state index >= 15 is 0 Å². The molecule has 0 aliphatic heterocycles. The summed E-state index contributed by atoms with van der Waals surface area (Å²) in [6, 6.07) is 3.52. The van der Waals surface area contributed by atoms with Crippen LogP contribution in [0.3, 0.4) is 0 Å². The van der Waals surface area contributed by atoms with Crippen molar-refractivity contribution in [2.75, 3.05) is 19.0 Å². The number of hydrogen-bond acceptors (Lipinski definition) is 4. The second-order valence-corrected chi connectivity index (χ2v) is 5.70. The highest BCUT2D eigenvalue weighted by Gasteiger charge is 2.34. The van der Waals surface area contributed by atoms with Gasteiger partial charge in [0.1, 0.15) is 5.60 Å². The largest absolute Gasteiger partial charge is 0.481 e. The molecule has 5 heteroatoms. The summed E-state index contributed by atoms with van der Waals surface area (Å²) in [6.07, 6.45) is 0.662. The van der Waals surface area contributed by atoms with Crippen molar-refractivity contribution in [3.05, 3.63) is 17.8 Å². The topological polar surface area (TPSA) is 60.5 Å². The van der Waals surface area contributed by atoms with Crippen molar-refractivity contribution >= 4 is 11.6 Å². The van der Waals surface area contributed by atoms with E-state index in [1.807, 2.05) is 20.8 Å². The molecule has 0 aliphatic carbocycles. The molecular weight excluding hydrogens is 268 g/mol. The maximum atomic E-state index is 12.6. The van der Waals surface area contributed by atoms with Crippen LogP contribution in [-0.4, -0.2) is 30.2 Å². The molecule has 1 aromatic rings. The fourth-order valence-electron chi connectivity index (χ4n) is 2.35. The first-order valence-electron chi connectivity index (χ1n) is 7.29. The lowest BCUT2D eigenvalue weighted by molar-refractivity contribution is -0.140. The molecular formula is C16H26N2O3. The normalized spacial score (nSPS) is 13.9. The van der Waals surface area contributed by atoms with Crippen molar-refractivity contribution in [1.82, 2.24) is 4.98 Å². The molecule has 0 radical (unpaired) electrons. The summed E-state index contributed by atoms with van der Waals surface area (Å²) in [4.78, 5) is 16.8. The molecule has 118 valence electrons. The van der Waals surface area contributed by atoms with E-state index in [0.717, 1.165) is 0 Å². The third kappa shape index (κ3) is 4.70. The number of carbonyl (C=O) groups is 1. The van der Waals surface area contributed by atoms with E-state index in [9.17, 15) is 4.79 Å². The van der Waals surface area contributed by atoms with Gasteiger partial charge in [-0.25, -0.2) is 4.98 Å². The van der Waals surface area contributed by atoms with Crippen molar-refractivity contribution in [3.63, 3.8) is 0 Å². The summed E-state index contributed by atoms with van der Waals surface area (Å²) < 4.78 is 10.8. The lowest BCUT2D eigenvalue weighted by Gasteiger charge is -2.30. The average molecular weight is 294 g/mol. The van der Waals surface area contributed by atoms with E-state index in [4.69, 9.17) is 9.47 Å². The molecule has 1 N–H and O–H groups in total. The van der Waals surface area contributed by atoms with Crippen molar-refractivity contribution < 1.29 is 14.3 Å². The van der Waals surface area contributed by atoms with Gasteiger partial charge in [0.25, 0.3) is 5.91 Å². The molecule has 1 aromatic heterocycles.